The highest BCUT2D eigenvalue weighted by molar-refractivity contribution is 6.31. The number of benzene rings is 1. The van der Waals surface area contributed by atoms with Crippen LogP contribution in [-0.4, -0.2) is 12.6 Å². The number of rotatable bonds is 6. The van der Waals surface area contributed by atoms with E-state index in [0.29, 0.717) is 12.6 Å². The van der Waals surface area contributed by atoms with Gasteiger partial charge in [-0.3, -0.25) is 0 Å². The van der Waals surface area contributed by atoms with Crippen molar-refractivity contribution in [3.63, 3.8) is 0 Å². The van der Waals surface area contributed by atoms with E-state index >= 15 is 0 Å². The van der Waals surface area contributed by atoms with E-state index in [9.17, 15) is 0 Å². The van der Waals surface area contributed by atoms with Crippen LogP contribution in [0, 0.1) is 5.92 Å². The Morgan fingerprint density at radius 3 is 2.55 bits per heavy atom. The zero-order chi connectivity index (χ0) is 14.5. The summed E-state index contributed by atoms with van der Waals surface area (Å²) in [6.45, 7) is 6.21. The monoisotopic (exact) mass is 294 g/mol. The quantitative estimate of drug-likeness (QED) is 0.831. The van der Waals surface area contributed by atoms with E-state index in [1.165, 1.54) is 37.8 Å². The van der Waals surface area contributed by atoms with Crippen LogP contribution >= 0.6 is 11.6 Å². The highest BCUT2D eigenvalue weighted by Gasteiger charge is 2.23. The van der Waals surface area contributed by atoms with Crippen molar-refractivity contribution in [3.05, 3.63) is 28.8 Å². The lowest BCUT2D eigenvalue weighted by molar-refractivity contribution is 0.528. The molecule has 0 saturated heterocycles. The highest BCUT2D eigenvalue weighted by atomic mass is 35.5. The first-order valence-corrected chi connectivity index (χ1v) is 8.24. The van der Waals surface area contributed by atoms with E-state index in [-0.39, 0.29) is 0 Å². The van der Waals surface area contributed by atoms with Gasteiger partial charge in [-0.2, -0.15) is 0 Å². The maximum atomic E-state index is 6.34. The molecular weight excluding hydrogens is 268 g/mol. The first kappa shape index (κ1) is 15.7. The van der Waals surface area contributed by atoms with Gasteiger partial charge in [0, 0.05) is 29.8 Å². The summed E-state index contributed by atoms with van der Waals surface area (Å²) in [7, 11) is 0. The van der Waals surface area contributed by atoms with Crippen LogP contribution in [0.1, 0.15) is 51.5 Å². The van der Waals surface area contributed by atoms with Crippen LogP contribution in [0.4, 0.5) is 5.69 Å². The summed E-state index contributed by atoms with van der Waals surface area (Å²) in [5, 5.41) is 0.803. The second-order valence-corrected chi connectivity index (χ2v) is 6.70. The van der Waals surface area contributed by atoms with Gasteiger partial charge >= 0.3 is 0 Å². The molecule has 1 fully saturated rings. The van der Waals surface area contributed by atoms with Crippen LogP contribution < -0.4 is 10.6 Å². The average molecular weight is 295 g/mol. The minimum absolute atomic E-state index is 0.508. The summed E-state index contributed by atoms with van der Waals surface area (Å²) < 4.78 is 0. The number of nitrogens with two attached hydrogens (primary N) is 1. The molecule has 0 heterocycles. The van der Waals surface area contributed by atoms with E-state index in [1.54, 1.807) is 0 Å². The number of hydrogen-bond donors (Lipinski definition) is 1. The van der Waals surface area contributed by atoms with Crippen molar-refractivity contribution in [1.29, 1.82) is 0 Å². The van der Waals surface area contributed by atoms with Crippen LogP contribution in [0.2, 0.25) is 5.02 Å². The van der Waals surface area contributed by atoms with Gasteiger partial charge in [0.1, 0.15) is 0 Å². The number of hydrogen-bond acceptors (Lipinski definition) is 2. The second-order valence-electron chi connectivity index (χ2n) is 6.29. The van der Waals surface area contributed by atoms with Crippen molar-refractivity contribution in [3.8, 4) is 0 Å². The third kappa shape index (κ3) is 3.89. The smallest absolute Gasteiger partial charge is 0.0471 e. The molecule has 0 aromatic heterocycles. The fourth-order valence-electron chi connectivity index (χ4n) is 3.02. The molecule has 0 radical (unpaired) electrons. The fraction of sp³-hybridized carbons (Fsp3) is 0.647. The molecule has 0 spiro atoms. The van der Waals surface area contributed by atoms with Gasteiger partial charge in [0.25, 0.3) is 0 Å². The molecule has 0 aliphatic heterocycles. The Morgan fingerprint density at radius 2 is 2.00 bits per heavy atom. The van der Waals surface area contributed by atoms with Gasteiger partial charge in [-0.1, -0.05) is 44.4 Å². The minimum Gasteiger partial charge on any atom is -0.368 e. The molecule has 20 heavy (non-hydrogen) atoms. The molecule has 0 atom stereocenters. The van der Waals surface area contributed by atoms with Crippen LogP contribution in [0.15, 0.2) is 18.2 Å². The molecule has 1 aliphatic carbocycles. The molecule has 2 nitrogen and oxygen atoms in total. The normalized spacial score (nSPS) is 16.1. The summed E-state index contributed by atoms with van der Waals surface area (Å²) in [6, 6.07) is 7.05. The van der Waals surface area contributed by atoms with Gasteiger partial charge in [0.2, 0.25) is 0 Å². The summed E-state index contributed by atoms with van der Waals surface area (Å²) >= 11 is 6.34. The number of halogens is 1. The third-order valence-electron chi connectivity index (χ3n) is 4.30. The summed E-state index contributed by atoms with van der Waals surface area (Å²) in [4.78, 5) is 2.57. The summed E-state index contributed by atoms with van der Waals surface area (Å²) in [5.41, 5.74) is 8.00. The van der Waals surface area contributed by atoms with Gasteiger partial charge in [-0.25, -0.2) is 0 Å². The van der Waals surface area contributed by atoms with Gasteiger partial charge in [-0.15, -0.1) is 0 Å². The van der Waals surface area contributed by atoms with Crippen molar-refractivity contribution in [1.82, 2.24) is 0 Å². The van der Waals surface area contributed by atoms with E-state index < -0.39 is 0 Å². The van der Waals surface area contributed by atoms with Crippen molar-refractivity contribution >= 4 is 17.3 Å². The molecular formula is C17H27ClN2. The van der Waals surface area contributed by atoms with Crippen LogP contribution in [0.25, 0.3) is 0 Å². The number of anilines is 1. The maximum Gasteiger partial charge on any atom is 0.0471 e. The molecule has 0 amide bonds. The average Bonchev–Trinajstić information content (AvgIpc) is 2.93. The molecule has 2 rings (SSSR count). The Morgan fingerprint density at radius 1 is 1.30 bits per heavy atom. The molecule has 0 bridgehead atoms. The topological polar surface area (TPSA) is 29.3 Å². The molecule has 0 unspecified atom stereocenters. The van der Waals surface area contributed by atoms with Crippen molar-refractivity contribution in [2.75, 3.05) is 11.4 Å². The molecule has 112 valence electrons. The van der Waals surface area contributed by atoms with Crippen LogP contribution in [-0.2, 0) is 6.54 Å². The predicted molar refractivity (Wildman–Crippen MR) is 88.4 cm³/mol. The van der Waals surface area contributed by atoms with Gasteiger partial charge < -0.3 is 10.6 Å². The van der Waals surface area contributed by atoms with Gasteiger partial charge in [0.05, 0.1) is 0 Å². The molecule has 1 aromatic rings. The Bertz CT molecular complexity index is 425. The second kappa shape index (κ2) is 7.33. The fourth-order valence-corrected chi connectivity index (χ4v) is 3.27. The lowest BCUT2D eigenvalue weighted by atomic mass is 10.1. The summed E-state index contributed by atoms with van der Waals surface area (Å²) in [6.07, 6.45) is 6.57. The standard InChI is InChI=1S/C17H27ClN2/c1-13(2)9-10-20(15-5-3-4-6-15)16-8-7-14(12-19)17(18)11-16/h7-8,11,13,15H,3-6,9-10,12,19H2,1-2H3. The van der Waals surface area contributed by atoms with Gasteiger partial charge in [-0.05, 0) is 42.9 Å². The predicted octanol–water partition coefficient (Wildman–Crippen LogP) is 4.59. The lowest BCUT2D eigenvalue weighted by Crippen LogP contribution is -2.34. The van der Waals surface area contributed by atoms with Gasteiger partial charge in [0.15, 0.2) is 0 Å². The highest BCUT2D eigenvalue weighted by Crippen LogP contribution is 2.31. The maximum absolute atomic E-state index is 6.34. The first-order valence-electron chi connectivity index (χ1n) is 7.87. The molecule has 1 saturated carbocycles. The van der Waals surface area contributed by atoms with E-state index in [0.717, 1.165) is 23.0 Å². The van der Waals surface area contributed by atoms with Crippen molar-refractivity contribution in [2.45, 2.75) is 58.5 Å². The SMILES string of the molecule is CC(C)CCN(c1ccc(CN)c(Cl)c1)C1CCCC1. The van der Waals surface area contributed by atoms with Crippen LogP contribution in [0.5, 0.6) is 0 Å². The number of nitrogens with zero attached hydrogens (tertiary/aromatic N) is 1. The van der Waals surface area contributed by atoms with Crippen molar-refractivity contribution in [2.24, 2.45) is 11.7 Å². The Labute approximate surface area is 128 Å². The molecule has 1 aliphatic rings. The zero-order valence-corrected chi connectivity index (χ0v) is 13.5. The van der Waals surface area contributed by atoms with E-state index in [4.69, 9.17) is 17.3 Å². The van der Waals surface area contributed by atoms with E-state index in [1.807, 2.05) is 0 Å². The minimum atomic E-state index is 0.508. The molecule has 2 N–H and O–H groups in total. The summed E-state index contributed by atoms with van der Waals surface area (Å²) in [5.74, 6) is 0.734. The molecule has 1 aromatic carbocycles. The third-order valence-corrected chi connectivity index (χ3v) is 4.65. The Balaban J connectivity index is 2.18. The first-order chi connectivity index (χ1) is 9.61. The largest absolute Gasteiger partial charge is 0.368 e. The zero-order valence-electron chi connectivity index (χ0n) is 12.7. The Kier molecular flexibility index (Phi) is 5.74. The van der Waals surface area contributed by atoms with Crippen LogP contribution in [0.3, 0.4) is 0 Å². The Hall–Kier alpha value is -0.730. The molecule has 3 heteroatoms. The van der Waals surface area contributed by atoms with Crippen molar-refractivity contribution < 1.29 is 0 Å². The lowest BCUT2D eigenvalue weighted by Gasteiger charge is -2.32. The van der Waals surface area contributed by atoms with E-state index in [2.05, 4.69) is 36.9 Å².